The van der Waals surface area contributed by atoms with Crippen molar-refractivity contribution in [2.75, 3.05) is 5.73 Å². The molecule has 2 rings (SSSR count). The number of aromatic carboxylic acids is 1. The highest BCUT2D eigenvalue weighted by molar-refractivity contribution is 7.23. The number of aryl methyl sites for hydroxylation is 1. The van der Waals surface area contributed by atoms with Crippen LogP contribution in [0.3, 0.4) is 0 Å². The van der Waals surface area contributed by atoms with Crippen molar-refractivity contribution in [2.24, 2.45) is 0 Å². The summed E-state index contributed by atoms with van der Waals surface area (Å²) in [6.45, 7) is 4.03. The van der Waals surface area contributed by atoms with Crippen molar-refractivity contribution in [1.29, 1.82) is 0 Å². The summed E-state index contributed by atoms with van der Waals surface area (Å²) in [6, 6.07) is 2.04. The molecule has 0 saturated carbocycles. The molecule has 0 amide bonds. The van der Waals surface area contributed by atoms with Gasteiger partial charge in [-0.2, -0.15) is 0 Å². The molecule has 0 aliphatic heterocycles. The molecule has 0 radical (unpaired) electrons. The molecule has 2 aromatic rings. The summed E-state index contributed by atoms with van der Waals surface area (Å²) in [5, 5.41) is 11.1. The van der Waals surface area contributed by atoms with E-state index < -0.39 is 5.97 Å². The van der Waals surface area contributed by atoms with Crippen LogP contribution in [-0.4, -0.2) is 11.1 Å². The molecule has 90 valence electrons. The highest BCUT2D eigenvalue weighted by Gasteiger charge is 2.21. The predicted molar refractivity (Wildman–Crippen MR) is 73.1 cm³/mol. The minimum absolute atomic E-state index is 0.254. The van der Waals surface area contributed by atoms with Crippen molar-refractivity contribution in [3.63, 3.8) is 0 Å². The fraction of sp³-hybridized carbons (Fsp3) is 0.250. The van der Waals surface area contributed by atoms with Gasteiger partial charge in [0.25, 0.3) is 0 Å². The van der Waals surface area contributed by atoms with Gasteiger partial charge in [-0.05, 0) is 35.9 Å². The normalized spacial score (nSPS) is 10.7. The van der Waals surface area contributed by atoms with E-state index in [0.717, 1.165) is 21.7 Å². The number of carboxylic acid groups (broad SMARTS) is 1. The van der Waals surface area contributed by atoms with Crippen LogP contribution in [0.25, 0.3) is 9.75 Å². The Hall–Kier alpha value is -1.33. The van der Waals surface area contributed by atoms with Gasteiger partial charge < -0.3 is 10.8 Å². The number of hydrogen-bond donors (Lipinski definition) is 2. The van der Waals surface area contributed by atoms with E-state index in [9.17, 15) is 4.79 Å². The van der Waals surface area contributed by atoms with Crippen molar-refractivity contribution < 1.29 is 9.90 Å². The summed E-state index contributed by atoms with van der Waals surface area (Å²) in [4.78, 5) is 13.5. The molecule has 0 aliphatic carbocycles. The van der Waals surface area contributed by atoms with Gasteiger partial charge in [-0.25, -0.2) is 4.79 Å². The molecule has 0 aromatic carbocycles. The van der Waals surface area contributed by atoms with Gasteiger partial charge in [0.1, 0.15) is 4.88 Å². The van der Waals surface area contributed by atoms with Crippen LogP contribution in [-0.2, 0) is 6.42 Å². The third-order valence-electron chi connectivity index (χ3n) is 2.66. The lowest BCUT2D eigenvalue weighted by atomic mass is 10.1. The third kappa shape index (κ3) is 1.96. The van der Waals surface area contributed by atoms with Crippen LogP contribution in [0.2, 0.25) is 0 Å². The number of nitrogens with two attached hydrogens (primary N) is 1. The van der Waals surface area contributed by atoms with E-state index in [1.54, 1.807) is 11.3 Å². The van der Waals surface area contributed by atoms with E-state index in [0.29, 0.717) is 5.69 Å². The first-order valence-electron chi connectivity index (χ1n) is 5.25. The van der Waals surface area contributed by atoms with Gasteiger partial charge in [-0.3, -0.25) is 0 Å². The molecule has 2 aromatic heterocycles. The van der Waals surface area contributed by atoms with Crippen molar-refractivity contribution in [3.8, 4) is 9.75 Å². The summed E-state index contributed by atoms with van der Waals surface area (Å²) < 4.78 is 0. The standard InChI is InChI=1S/C12H13NO2S2/c1-3-7-8(13)11(12(14)15)17-10(7)9-6(2)4-5-16-9/h4-5H,3,13H2,1-2H3,(H,14,15). The van der Waals surface area contributed by atoms with Gasteiger partial charge in [0.15, 0.2) is 0 Å². The van der Waals surface area contributed by atoms with Crippen molar-refractivity contribution in [3.05, 3.63) is 27.5 Å². The van der Waals surface area contributed by atoms with E-state index in [1.165, 1.54) is 16.9 Å². The van der Waals surface area contributed by atoms with E-state index in [2.05, 4.69) is 0 Å². The Bertz CT molecular complexity index is 569. The van der Waals surface area contributed by atoms with Crippen molar-refractivity contribution >= 4 is 34.3 Å². The molecule has 0 fully saturated rings. The molecule has 0 atom stereocenters. The molecule has 0 spiro atoms. The highest BCUT2D eigenvalue weighted by atomic mass is 32.1. The molecular formula is C12H13NO2S2. The minimum atomic E-state index is -0.942. The number of carbonyl (C=O) groups is 1. The second kappa shape index (κ2) is 4.50. The lowest BCUT2D eigenvalue weighted by Gasteiger charge is -2.01. The summed E-state index contributed by atoms with van der Waals surface area (Å²) in [5.74, 6) is -0.942. The molecule has 2 heterocycles. The number of hydrogen-bond acceptors (Lipinski definition) is 4. The quantitative estimate of drug-likeness (QED) is 0.892. The molecule has 3 N–H and O–H groups in total. The summed E-state index contributed by atoms with van der Waals surface area (Å²) in [7, 11) is 0. The van der Waals surface area contributed by atoms with Crippen LogP contribution in [0.4, 0.5) is 5.69 Å². The average Bonchev–Trinajstić information content (AvgIpc) is 2.81. The predicted octanol–water partition coefficient (Wildman–Crippen LogP) is 3.63. The monoisotopic (exact) mass is 267 g/mol. The van der Waals surface area contributed by atoms with Crippen LogP contribution in [0, 0.1) is 6.92 Å². The largest absolute Gasteiger partial charge is 0.477 e. The maximum atomic E-state index is 11.1. The molecule has 0 unspecified atom stereocenters. The lowest BCUT2D eigenvalue weighted by molar-refractivity contribution is 0.0703. The van der Waals surface area contributed by atoms with Gasteiger partial charge >= 0.3 is 5.97 Å². The molecule has 3 nitrogen and oxygen atoms in total. The van der Waals surface area contributed by atoms with E-state index >= 15 is 0 Å². The Morgan fingerprint density at radius 1 is 1.47 bits per heavy atom. The lowest BCUT2D eigenvalue weighted by Crippen LogP contribution is -1.99. The average molecular weight is 267 g/mol. The number of carboxylic acids is 1. The molecule has 0 bridgehead atoms. The number of anilines is 1. The van der Waals surface area contributed by atoms with Gasteiger partial charge in [-0.1, -0.05) is 6.92 Å². The first-order chi connectivity index (χ1) is 8.06. The minimum Gasteiger partial charge on any atom is -0.477 e. The number of thiophene rings is 2. The van der Waals surface area contributed by atoms with E-state index in [1.807, 2.05) is 25.3 Å². The SMILES string of the molecule is CCc1c(-c2sccc2C)sc(C(=O)O)c1N. The zero-order valence-corrected chi connectivity index (χ0v) is 11.2. The topological polar surface area (TPSA) is 63.3 Å². The fourth-order valence-corrected chi connectivity index (χ4v) is 4.09. The van der Waals surface area contributed by atoms with Crippen LogP contribution in [0.5, 0.6) is 0 Å². The Morgan fingerprint density at radius 2 is 2.18 bits per heavy atom. The molecule has 5 heteroatoms. The Balaban J connectivity index is 2.66. The Morgan fingerprint density at radius 3 is 2.65 bits per heavy atom. The first-order valence-corrected chi connectivity index (χ1v) is 6.94. The second-order valence-electron chi connectivity index (χ2n) is 3.74. The van der Waals surface area contributed by atoms with Crippen LogP contribution < -0.4 is 5.73 Å². The molecular weight excluding hydrogens is 254 g/mol. The van der Waals surface area contributed by atoms with Gasteiger partial charge in [0.2, 0.25) is 0 Å². The number of nitrogen functional groups attached to an aromatic ring is 1. The maximum absolute atomic E-state index is 11.1. The summed E-state index contributed by atoms with van der Waals surface area (Å²) in [6.07, 6.45) is 0.752. The molecule has 0 saturated heterocycles. The van der Waals surface area contributed by atoms with E-state index in [4.69, 9.17) is 10.8 Å². The van der Waals surface area contributed by atoms with Crippen LogP contribution >= 0.6 is 22.7 Å². The van der Waals surface area contributed by atoms with Crippen LogP contribution in [0.15, 0.2) is 11.4 Å². The maximum Gasteiger partial charge on any atom is 0.348 e. The zero-order valence-electron chi connectivity index (χ0n) is 9.61. The van der Waals surface area contributed by atoms with Gasteiger partial charge in [-0.15, -0.1) is 22.7 Å². The van der Waals surface area contributed by atoms with Gasteiger partial charge in [0.05, 0.1) is 10.6 Å². The highest BCUT2D eigenvalue weighted by Crippen LogP contribution is 2.42. The molecule has 17 heavy (non-hydrogen) atoms. The Labute approximate surface area is 108 Å². The van der Waals surface area contributed by atoms with Crippen molar-refractivity contribution in [2.45, 2.75) is 20.3 Å². The molecule has 0 aliphatic rings. The van der Waals surface area contributed by atoms with Crippen molar-refractivity contribution in [1.82, 2.24) is 0 Å². The Kier molecular flexibility index (Phi) is 3.22. The van der Waals surface area contributed by atoms with Crippen LogP contribution in [0.1, 0.15) is 27.7 Å². The van der Waals surface area contributed by atoms with E-state index in [-0.39, 0.29) is 4.88 Å². The number of rotatable bonds is 3. The van der Waals surface area contributed by atoms with Gasteiger partial charge in [0, 0.05) is 4.88 Å². The first kappa shape index (κ1) is 12.1. The third-order valence-corrected chi connectivity index (χ3v) is 5.08. The zero-order chi connectivity index (χ0) is 12.6. The summed E-state index contributed by atoms with van der Waals surface area (Å²) >= 11 is 2.90. The summed E-state index contributed by atoms with van der Waals surface area (Å²) in [5.41, 5.74) is 8.46. The fourth-order valence-electron chi connectivity index (χ4n) is 1.78. The second-order valence-corrected chi connectivity index (χ2v) is 5.68. The smallest absolute Gasteiger partial charge is 0.348 e.